The average molecular weight is 493 g/mol. The summed E-state index contributed by atoms with van der Waals surface area (Å²) < 4.78 is 16.5. The lowest BCUT2D eigenvalue weighted by molar-refractivity contribution is -0.122. The monoisotopic (exact) mass is 492 g/mol. The molecule has 35 heavy (non-hydrogen) atoms. The predicted octanol–water partition coefficient (Wildman–Crippen LogP) is 4.47. The van der Waals surface area contributed by atoms with Gasteiger partial charge >= 0.3 is 6.03 Å². The van der Waals surface area contributed by atoms with Gasteiger partial charge in [-0.1, -0.05) is 29.8 Å². The topological polar surface area (TPSA) is 94.2 Å². The zero-order valence-electron chi connectivity index (χ0n) is 18.7. The van der Waals surface area contributed by atoms with Crippen molar-refractivity contribution in [3.63, 3.8) is 0 Å². The smallest absolute Gasteiger partial charge is 0.335 e. The molecule has 1 saturated heterocycles. The maximum Gasteiger partial charge on any atom is 0.335 e. The molecule has 1 fully saturated rings. The van der Waals surface area contributed by atoms with E-state index in [2.05, 4.69) is 5.32 Å². The quantitative estimate of drug-likeness (QED) is 0.283. The molecule has 3 aromatic rings. The molecule has 3 aromatic carbocycles. The number of hydrogen-bond donors (Lipinski definition) is 1. The zero-order chi connectivity index (χ0) is 24.8. The van der Waals surface area contributed by atoms with Crippen LogP contribution in [-0.2, 0) is 9.59 Å². The first-order valence-electron chi connectivity index (χ1n) is 10.6. The fourth-order valence-electron chi connectivity index (χ4n) is 3.32. The molecule has 4 amide bonds. The predicted molar refractivity (Wildman–Crippen MR) is 131 cm³/mol. The van der Waals surface area contributed by atoms with Crippen LogP contribution in [0.5, 0.6) is 17.2 Å². The molecule has 4 rings (SSSR count). The largest absolute Gasteiger partial charge is 0.497 e. The lowest BCUT2D eigenvalue weighted by Crippen LogP contribution is -2.54. The summed E-state index contributed by atoms with van der Waals surface area (Å²) in [5.74, 6) is 0.491. The van der Waals surface area contributed by atoms with Gasteiger partial charge in [0.1, 0.15) is 36.0 Å². The summed E-state index contributed by atoms with van der Waals surface area (Å²) in [6.45, 7) is 0.652. The number of nitrogens with zero attached hydrogens (tertiary/aromatic N) is 1. The van der Waals surface area contributed by atoms with Gasteiger partial charge in [0.05, 0.1) is 12.8 Å². The fraction of sp³-hybridized carbons (Fsp3) is 0.115. The minimum Gasteiger partial charge on any atom is -0.497 e. The molecule has 0 saturated carbocycles. The van der Waals surface area contributed by atoms with E-state index in [1.54, 1.807) is 49.6 Å². The number of barbiturate groups is 1. The van der Waals surface area contributed by atoms with Crippen LogP contribution in [0.25, 0.3) is 6.08 Å². The van der Waals surface area contributed by atoms with Crippen LogP contribution in [0.1, 0.15) is 5.56 Å². The van der Waals surface area contributed by atoms with Crippen LogP contribution in [0.15, 0.2) is 78.4 Å². The van der Waals surface area contributed by atoms with Crippen LogP contribution in [0.3, 0.4) is 0 Å². The van der Waals surface area contributed by atoms with Gasteiger partial charge < -0.3 is 14.2 Å². The van der Waals surface area contributed by atoms with E-state index in [-0.39, 0.29) is 5.57 Å². The van der Waals surface area contributed by atoms with E-state index >= 15 is 0 Å². The van der Waals surface area contributed by atoms with E-state index in [0.29, 0.717) is 46.7 Å². The van der Waals surface area contributed by atoms with Crippen molar-refractivity contribution in [2.75, 3.05) is 25.2 Å². The minimum atomic E-state index is -0.820. The molecule has 1 aliphatic rings. The van der Waals surface area contributed by atoms with Gasteiger partial charge in [-0.3, -0.25) is 14.9 Å². The number of hydrogen-bond acceptors (Lipinski definition) is 6. The SMILES string of the molecule is COc1cccc(OCCOc2ccc(C=C3C(=O)NC(=O)N(c4ccc(Cl)cc4)C3=O)cc2)c1. The number of benzene rings is 3. The van der Waals surface area contributed by atoms with Gasteiger partial charge in [0.15, 0.2) is 0 Å². The van der Waals surface area contributed by atoms with Crippen molar-refractivity contribution in [2.24, 2.45) is 0 Å². The van der Waals surface area contributed by atoms with Crippen LogP contribution < -0.4 is 24.4 Å². The Morgan fingerprint density at radius 2 is 1.51 bits per heavy atom. The van der Waals surface area contributed by atoms with Crippen molar-refractivity contribution in [1.29, 1.82) is 0 Å². The van der Waals surface area contributed by atoms with Gasteiger partial charge in [-0.2, -0.15) is 0 Å². The number of carbonyl (C=O) groups excluding carboxylic acids is 3. The van der Waals surface area contributed by atoms with Crippen molar-refractivity contribution in [3.05, 3.63) is 89.0 Å². The van der Waals surface area contributed by atoms with Gasteiger partial charge in [-0.05, 0) is 60.2 Å². The molecule has 1 N–H and O–H groups in total. The number of ether oxygens (including phenoxy) is 3. The lowest BCUT2D eigenvalue weighted by Gasteiger charge is -2.26. The molecule has 9 heteroatoms. The number of rotatable bonds is 8. The summed E-state index contributed by atoms with van der Waals surface area (Å²) in [6.07, 6.45) is 1.42. The maximum absolute atomic E-state index is 12.9. The first-order valence-corrected chi connectivity index (χ1v) is 11.0. The molecule has 0 spiro atoms. The zero-order valence-corrected chi connectivity index (χ0v) is 19.5. The Morgan fingerprint density at radius 1 is 0.857 bits per heavy atom. The third kappa shape index (κ3) is 5.80. The second-order valence-corrected chi connectivity index (χ2v) is 7.82. The van der Waals surface area contributed by atoms with Crippen LogP contribution in [0.4, 0.5) is 10.5 Å². The lowest BCUT2D eigenvalue weighted by atomic mass is 10.1. The van der Waals surface area contributed by atoms with Crippen LogP contribution in [0.2, 0.25) is 5.02 Å². The van der Waals surface area contributed by atoms with Gasteiger partial charge in [0, 0.05) is 11.1 Å². The van der Waals surface area contributed by atoms with E-state index in [4.69, 9.17) is 25.8 Å². The third-order valence-electron chi connectivity index (χ3n) is 5.04. The number of nitrogens with one attached hydrogen (secondary N) is 1. The highest BCUT2D eigenvalue weighted by atomic mass is 35.5. The van der Waals surface area contributed by atoms with Crippen LogP contribution in [-0.4, -0.2) is 38.2 Å². The van der Waals surface area contributed by atoms with E-state index in [1.165, 1.54) is 18.2 Å². The first kappa shape index (κ1) is 23.8. The second-order valence-electron chi connectivity index (χ2n) is 7.38. The molecule has 8 nitrogen and oxygen atoms in total. The van der Waals surface area contributed by atoms with Crippen molar-refractivity contribution in [1.82, 2.24) is 5.32 Å². The van der Waals surface area contributed by atoms with Crippen molar-refractivity contribution in [3.8, 4) is 17.2 Å². The van der Waals surface area contributed by atoms with E-state index in [9.17, 15) is 14.4 Å². The Kier molecular flexibility index (Phi) is 7.32. The Bertz CT molecular complexity index is 1270. The summed E-state index contributed by atoms with van der Waals surface area (Å²) in [6, 6.07) is 19.5. The standard InChI is InChI=1S/C26H21ClN2O6/c1-33-21-3-2-4-22(16-21)35-14-13-34-20-11-5-17(6-12-20)15-23-24(30)28-26(32)29(25(23)31)19-9-7-18(27)8-10-19/h2-12,15-16H,13-14H2,1H3,(H,28,30,32). The van der Waals surface area contributed by atoms with E-state index < -0.39 is 17.8 Å². The molecule has 0 bridgehead atoms. The summed E-state index contributed by atoms with van der Waals surface area (Å²) in [5.41, 5.74) is 0.726. The minimum absolute atomic E-state index is 0.167. The Labute approximate surface area is 206 Å². The molecular formula is C26H21ClN2O6. The summed E-state index contributed by atoms with van der Waals surface area (Å²) in [7, 11) is 1.59. The Balaban J connectivity index is 1.38. The van der Waals surface area contributed by atoms with E-state index in [0.717, 1.165) is 4.90 Å². The van der Waals surface area contributed by atoms with Crippen molar-refractivity contribution < 1.29 is 28.6 Å². The van der Waals surface area contributed by atoms with Crippen molar-refractivity contribution >= 4 is 41.2 Å². The number of anilines is 1. The number of halogens is 1. The number of urea groups is 1. The Morgan fingerprint density at radius 3 is 2.20 bits per heavy atom. The molecular weight excluding hydrogens is 472 g/mol. The maximum atomic E-state index is 12.9. The highest BCUT2D eigenvalue weighted by Crippen LogP contribution is 2.24. The molecule has 0 aromatic heterocycles. The molecule has 0 unspecified atom stereocenters. The molecule has 0 atom stereocenters. The fourth-order valence-corrected chi connectivity index (χ4v) is 3.45. The van der Waals surface area contributed by atoms with Crippen LogP contribution in [0, 0.1) is 0 Å². The van der Waals surface area contributed by atoms with Gasteiger partial charge in [-0.25, -0.2) is 9.69 Å². The van der Waals surface area contributed by atoms with Crippen LogP contribution >= 0.6 is 11.6 Å². The number of methoxy groups -OCH3 is 1. The highest BCUT2D eigenvalue weighted by molar-refractivity contribution is 6.39. The summed E-state index contributed by atoms with van der Waals surface area (Å²) in [5, 5.41) is 2.65. The Hall–Kier alpha value is -4.30. The number of carbonyl (C=O) groups is 3. The number of imide groups is 2. The summed E-state index contributed by atoms with van der Waals surface area (Å²) >= 11 is 5.88. The second kappa shape index (κ2) is 10.8. The average Bonchev–Trinajstić information content (AvgIpc) is 2.86. The third-order valence-corrected chi connectivity index (χ3v) is 5.29. The molecule has 0 aliphatic carbocycles. The van der Waals surface area contributed by atoms with Gasteiger partial charge in [0.25, 0.3) is 11.8 Å². The molecule has 1 heterocycles. The highest BCUT2D eigenvalue weighted by Gasteiger charge is 2.36. The van der Waals surface area contributed by atoms with Gasteiger partial charge in [-0.15, -0.1) is 0 Å². The number of amides is 4. The molecule has 0 radical (unpaired) electrons. The normalized spacial score (nSPS) is 14.6. The molecule has 1 aliphatic heterocycles. The summed E-state index contributed by atoms with van der Waals surface area (Å²) in [4.78, 5) is 38.4. The van der Waals surface area contributed by atoms with Gasteiger partial charge in [0.2, 0.25) is 0 Å². The molecule has 178 valence electrons. The first-order chi connectivity index (χ1) is 16.9. The van der Waals surface area contributed by atoms with E-state index in [1.807, 2.05) is 18.2 Å². The van der Waals surface area contributed by atoms with Crippen molar-refractivity contribution in [2.45, 2.75) is 0 Å².